The Labute approximate surface area is 162 Å². The summed E-state index contributed by atoms with van der Waals surface area (Å²) in [5, 5.41) is 0.759. The minimum atomic E-state index is -3.69. The minimum Gasteiger partial charge on any atom is -0.451 e. The number of aryl methyl sites for hydroxylation is 1. The van der Waals surface area contributed by atoms with Crippen molar-refractivity contribution in [3.63, 3.8) is 0 Å². The summed E-state index contributed by atoms with van der Waals surface area (Å²) in [7, 11) is -2.41. The molecule has 7 nitrogen and oxygen atoms in total. The number of Topliss-reactive ketones (excluding diaryl/α,β-unsaturated/α-hetero) is 1. The van der Waals surface area contributed by atoms with Crippen molar-refractivity contribution in [1.29, 1.82) is 0 Å². The molecule has 0 bridgehead atoms. The lowest BCUT2D eigenvalue weighted by molar-refractivity contribution is 0.0319. The predicted octanol–water partition coefficient (Wildman–Crippen LogP) is 2.81. The lowest BCUT2D eigenvalue weighted by Crippen LogP contribution is -2.25. The number of ketones is 1. The van der Waals surface area contributed by atoms with Crippen LogP contribution in [0.2, 0.25) is 0 Å². The number of sulfonamides is 1. The molecule has 0 aliphatic carbocycles. The van der Waals surface area contributed by atoms with E-state index in [4.69, 9.17) is 4.74 Å². The fourth-order valence-corrected chi connectivity index (χ4v) is 3.76. The molecule has 8 heteroatoms. The smallest absolute Gasteiger partial charge is 0.338 e. The number of aromatic amines is 1. The van der Waals surface area contributed by atoms with E-state index in [1.807, 2.05) is 24.3 Å². The second-order valence-corrected chi connectivity index (χ2v) is 8.20. The van der Waals surface area contributed by atoms with Crippen molar-refractivity contribution in [3.8, 4) is 0 Å². The Morgan fingerprint density at radius 2 is 1.82 bits per heavy atom. The molecule has 146 valence electrons. The number of carbonyl (C=O) groups excluding carboxylic acids is 2. The van der Waals surface area contributed by atoms with Gasteiger partial charge in [0.2, 0.25) is 15.8 Å². The molecule has 0 aliphatic heterocycles. The van der Waals surface area contributed by atoms with Gasteiger partial charge in [0.05, 0.1) is 10.5 Å². The first-order chi connectivity index (χ1) is 13.2. The van der Waals surface area contributed by atoms with E-state index in [9.17, 15) is 18.0 Å². The number of H-pyrrole nitrogens is 1. The lowest BCUT2D eigenvalue weighted by atomic mass is 10.0. The number of ether oxygens (including phenoxy) is 1. The van der Waals surface area contributed by atoms with Gasteiger partial charge in [-0.25, -0.2) is 17.9 Å². The highest BCUT2D eigenvalue weighted by Gasteiger charge is 2.25. The third-order valence-corrected chi connectivity index (χ3v) is 5.85. The zero-order chi connectivity index (χ0) is 20.5. The fraction of sp³-hybridized carbons (Fsp3) is 0.200. The number of benzene rings is 2. The number of esters is 1. The second kappa shape index (κ2) is 7.57. The summed E-state index contributed by atoms with van der Waals surface area (Å²) >= 11 is 0. The van der Waals surface area contributed by atoms with Crippen LogP contribution in [0.1, 0.15) is 33.3 Å². The van der Waals surface area contributed by atoms with E-state index >= 15 is 0 Å². The normalized spacial score (nSPS) is 12.7. The van der Waals surface area contributed by atoms with E-state index in [0.717, 1.165) is 10.9 Å². The van der Waals surface area contributed by atoms with Crippen LogP contribution >= 0.6 is 0 Å². The summed E-state index contributed by atoms with van der Waals surface area (Å²) in [6.07, 6.45) is -1.03. The molecule has 0 saturated heterocycles. The highest BCUT2D eigenvalue weighted by molar-refractivity contribution is 7.89. The third-order valence-electron chi connectivity index (χ3n) is 4.44. The maximum absolute atomic E-state index is 12.9. The Kier molecular flexibility index (Phi) is 5.35. The van der Waals surface area contributed by atoms with Crippen LogP contribution in [0.15, 0.2) is 53.4 Å². The van der Waals surface area contributed by atoms with Crippen LogP contribution in [0.3, 0.4) is 0 Å². The van der Waals surface area contributed by atoms with E-state index in [0.29, 0.717) is 11.3 Å². The first-order valence-electron chi connectivity index (χ1n) is 8.60. The van der Waals surface area contributed by atoms with Crippen molar-refractivity contribution in [2.75, 3.05) is 7.05 Å². The van der Waals surface area contributed by atoms with E-state index in [1.165, 1.54) is 38.2 Å². The maximum atomic E-state index is 12.9. The van der Waals surface area contributed by atoms with E-state index in [2.05, 4.69) is 9.71 Å². The molecule has 0 radical (unpaired) electrons. The Bertz CT molecular complexity index is 1160. The predicted molar refractivity (Wildman–Crippen MR) is 105 cm³/mol. The summed E-state index contributed by atoms with van der Waals surface area (Å²) in [5.41, 5.74) is 2.04. The Balaban J connectivity index is 1.84. The molecule has 2 aromatic carbocycles. The number of carbonyl (C=O) groups is 2. The number of rotatable bonds is 6. The second-order valence-electron chi connectivity index (χ2n) is 6.32. The van der Waals surface area contributed by atoms with Crippen LogP contribution in [-0.2, 0) is 14.8 Å². The molecular formula is C20H20N2O5S. The molecule has 3 aromatic rings. The highest BCUT2D eigenvalue weighted by atomic mass is 32.2. The van der Waals surface area contributed by atoms with Crippen LogP contribution < -0.4 is 4.72 Å². The number of para-hydroxylation sites is 1. The van der Waals surface area contributed by atoms with Gasteiger partial charge in [-0.3, -0.25) is 4.79 Å². The monoisotopic (exact) mass is 400 g/mol. The van der Waals surface area contributed by atoms with Gasteiger partial charge < -0.3 is 9.72 Å². The van der Waals surface area contributed by atoms with Crippen LogP contribution in [-0.4, -0.2) is 38.3 Å². The standard InChI is InChI=1S/C20H20N2O5S/c1-12-18(16-9-4-5-10-17(16)22-12)19(23)13(2)27-20(24)14-7-6-8-15(11-14)28(25,26)21-3/h4-11,13,21-22H,1-3H3. The van der Waals surface area contributed by atoms with Crippen LogP contribution in [0.25, 0.3) is 10.9 Å². The van der Waals surface area contributed by atoms with E-state index < -0.39 is 22.1 Å². The Morgan fingerprint density at radius 1 is 1.11 bits per heavy atom. The van der Waals surface area contributed by atoms with Crippen molar-refractivity contribution in [2.45, 2.75) is 24.8 Å². The van der Waals surface area contributed by atoms with Crippen molar-refractivity contribution < 1.29 is 22.7 Å². The summed E-state index contributed by atoms with van der Waals surface area (Å²) < 4.78 is 31.3. The molecule has 28 heavy (non-hydrogen) atoms. The first-order valence-corrected chi connectivity index (χ1v) is 10.1. The summed E-state index contributed by atoms with van der Waals surface area (Å²) in [6.45, 7) is 3.28. The molecule has 3 rings (SSSR count). The van der Waals surface area contributed by atoms with Gasteiger partial charge in [0.25, 0.3) is 0 Å². The van der Waals surface area contributed by atoms with Gasteiger partial charge in [-0.15, -0.1) is 0 Å². The van der Waals surface area contributed by atoms with Gasteiger partial charge in [0.1, 0.15) is 0 Å². The molecule has 1 unspecified atom stereocenters. The maximum Gasteiger partial charge on any atom is 0.338 e. The number of fused-ring (bicyclic) bond motifs is 1. The molecule has 0 amide bonds. The molecule has 2 N–H and O–H groups in total. The average Bonchev–Trinajstić information content (AvgIpc) is 3.03. The van der Waals surface area contributed by atoms with Crippen LogP contribution in [0, 0.1) is 6.92 Å². The summed E-state index contributed by atoms with van der Waals surface area (Å²) in [4.78, 5) is 28.4. The molecule has 0 aliphatic rings. The van der Waals surface area contributed by atoms with Gasteiger partial charge in [0.15, 0.2) is 6.10 Å². The van der Waals surface area contributed by atoms with E-state index in [-0.39, 0.29) is 16.2 Å². The number of nitrogens with one attached hydrogen (secondary N) is 2. The molecule has 0 saturated carbocycles. The van der Waals surface area contributed by atoms with Gasteiger partial charge in [0, 0.05) is 22.2 Å². The number of hydrogen-bond acceptors (Lipinski definition) is 5. The van der Waals surface area contributed by atoms with Crippen LogP contribution in [0.5, 0.6) is 0 Å². The van der Waals surface area contributed by atoms with Crippen molar-refractivity contribution in [3.05, 3.63) is 65.4 Å². The van der Waals surface area contributed by atoms with Crippen LogP contribution in [0.4, 0.5) is 0 Å². The van der Waals surface area contributed by atoms with Gasteiger partial charge in [-0.2, -0.15) is 0 Å². The average molecular weight is 400 g/mol. The van der Waals surface area contributed by atoms with Gasteiger partial charge in [-0.05, 0) is 45.2 Å². The van der Waals surface area contributed by atoms with Crippen molar-refractivity contribution >= 4 is 32.7 Å². The number of hydrogen-bond donors (Lipinski definition) is 2. The zero-order valence-electron chi connectivity index (χ0n) is 15.6. The zero-order valence-corrected chi connectivity index (χ0v) is 16.5. The third kappa shape index (κ3) is 3.69. The molecule has 0 fully saturated rings. The number of aromatic nitrogens is 1. The fourth-order valence-electron chi connectivity index (χ4n) is 2.99. The van der Waals surface area contributed by atoms with Gasteiger partial charge >= 0.3 is 5.97 Å². The summed E-state index contributed by atoms with van der Waals surface area (Å²) in [6, 6.07) is 12.8. The minimum absolute atomic E-state index is 0.0478. The summed E-state index contributed by atoms with van der Waals surface area (Å²) in [5.74, 6) is -1.10. The SMILES string of the molecule is CNS(=O)(=O)c1cccc(C(=O)OC(C)C(=O)c2c(C)[nH]c3ccccc23)c1. The Morgan fingerprint density at radius 3 is 2.54 bits per heavy atom. The van der Waals surface area contributed by atoms with E-state index in [1.54, 1.807) is 6.92 Å². The molecular weight excluding hydrogens is 380 g/mol. The Hall–Kier alpha value is -2.97. The topological polar surface area (TPSA) is 105 Å². The first kappa shape index (κ1) is 19.8. The molecule has 1 aromatic heterocycles. The largest absolute Gasteiger partial charge is 0.451 e. The molecule has 1 heterocycles. The molecule has 0 spiro atoms. The lowest BCUT2D eigenvalue weighted by Gasteiger charge is -2.13. The van der Waals surface area contributed by atoms with Crippen molar-refractivity contribution in [1.82, 2.24) is 9.71 Å². The van der Waals surface area contributed by atoms with Crippen molar-refractivity contribution in [2.24, 2.45) is 0 Å². The van der Waals surface area contributed by atoms with Gasteiger partial charge in [-0.1, -0.05) is 24.3 Å². The molecule has 1 atom stereocenters. The highest BCUT2D eigenvalue weighted by Crippen LogP contribution is 2.24. The quantitative estimate of drug-likeness (QED) is 0.489.